The summed E-state index contributed by atoms with van der Waals surface area (Å²) in [4.78, 5) is 0. The average molecular weight is 657 g/mol. The molecule has 51 heavy (non-hydrogen) atoms. The van der Waals surface area contributed by atoms with Crippen molar-refractivity contribution in [1.82, 2.24) is 5.32 Å². The van der Waals surface area contributed by atoms with Crippen LogP contribution in [0, 0.1) is 0 Å². The monoisotopic (exact) mass is 656 g/mol. The van der Waals surface area contributed by atoms with Crippen LogP contribution in [-0.4, -0.2) is 0 Å². The quantitative estimate of drug-likeness (QED) is 0.102. The van der Waals surface area contributed by atoms with Crippen molar-refractivity contribution in [3.63, 3.8) is 0 Å². The summed E-state index contributed by atoms with van der Waals surface area (Å²) in [5.74, 6) is 0. The van der Waals surface area contributed by atoms with Gasteiger partial charge in [-0.15, -0.1) is 0 Å². The van der Waals surface area contributed by atoms with Crippen LogP contribution in [-0.2, 0) is 11.8 Å². The molecular weight excluding hydrogens is 617 g/mol. The maximum Gasteiger partial charge on any atom is 0.101 e. The second-order valence-corrected chi connectivity index (χ2v) is 14.3. The molecule has 1 atom stereocenters. The Morgan fingerprint density at radius 2 is 1.25 bits per heavy atom. The molecule has 246 valence electrons. The van der Waals surface area contributed by atoms with Crippen LogP contribution in [0.2, 0.25) is 0 Å². The molecule has 2 heteroatoms. The van der Waals surface area contributed by atoms with Gasteiger partial charge in [0.15, 0.2) is 0 Å². The highest BCUT2D eigenvalue weighted by atomic mass is 15.0. The van der Waals surface area contributed by atoms with E-state index < -0.39 is 0 Å². The summed E-state index contributed by atoms with van der Waals surface area (Å²) in [6.45, 7) is 4.71. The molecule has 0 amide bonds. The van der Waals surface area contributed by atoms with Gasteiger partial charge in [-0.1, -0.05) is 178 Å². The topological polar surface area (TPSA) is 38.0 Å². The zero-order valence-corrected chi connectivity index (χ0v) is 29.0. The van der Waals surface area contributed by atoms with Crippen molar-refractivity contribution >= 4 is 38.0 Å². The molecule has 0 radical (unpaired) electrons. The van der Waals surface area contributed by atoms with Gasteiger partial charge in [0.25, 0.3) is 0 Å². The van der Waals surface area contributed by atoms with Crippen molar-refractivity contribution in [1.29, 1.82) is 0 Å². The van der Waals surface area contributed by atoms with E-state index in [1.54, 1.807) is 0 Å². The third-order valence-electron chi connectivity index (χ3n) is 10.9. The number of rotatable bonds is 7. The average Bonchev–Trinajstić information content (AvgIpc) is 3.42. The number of hydrogen-bond donors (Lipinski definition) is 2. The van der Waals surface area contributed by atoms with Gasteiger partial charge in [0, 0.05) is 16.7 Å². The van der Waals surface area contributed by atoms with Crippen molar-refractivity contribution in [2.24, 2.45) is 5.73 Å². The van der Waals surface area contributed by atoms with Crippen LogP contribution in [0.4, 0.5) is 0 Å². The van der Waals surface area contributed by atoms with Crippen molar-refractivity contribution in [3.8, 4) is 22.3 Å². The molecule has 1 unspecified atom stereocenters. The third kappa shape index (κ3) is 5.31. The molecule has 0 heterocycles. The minimum atomic E-state index is -0.373. The second-order valence-electron chi connectivity index (χ2n) is 14.3. The zero-order valence-electron chi connectivity index (χ0n) is 29.0. The first-order valence-electron chi connectivity index (χ1n) is 17.9. The van der Waals surface area contributed by atoms with E-state index >= 15 is 0 Å². The molecule has 3 N–H and O–H groups in total. The van der Waals surface area contributed by atoms with Crippen molar-refractivity contribution in [2.75, 3.05) is 0 Å². The van der Waals surface area contributed by atoms with Crippen LogP contribution in [0.15, 0.2) is 170 Å². The van der Waals surface area contributed by atoms with Crippen LogP contribution in [0.25, 0.3) is 60.3 Å². The number of benzene rings is 8. The van der Waals surface area contributed by atoms with Gasteiger partial charge in [-0.05, 0) is 89.3 Å². The highest BCUT2D eigenvalue weighted by Crippen LogP contribution is 2.52. The van der Waals surface area contributed by atoms with E-state index in [2.05, 4.69) is 171 Å². The van der Waals surface area contributed by atoms with E-state index in [1.807, 2.05) is 18.2 Å². The van der Waals surface area contributed by atoms with E-state index in [0.717, 1.165) is 17.7 Å². The lowest BCUT2D eigenvalue weighted by Crippen LogP contribution is -2.27. The van der Waals surface area contributed by atoms with Gasteiger partial charge >= 0.3 is 0 Å². The van der Waals surface area contributed by atoms with Gasteiger partial charge in [-0.2, -0.15) is 0 Å². The molecule has 8 aromatic rings. The molecular formula is C49H40N2. The summed E-state index contributed by atoms with van der Waals surface area (Å²) in [5.41, 5.74) is 19.4. The Bertz CT molecular complexity index is 2610. The smallest absolute Gasteiger partial charge is 0.101 e. The number of allylic oxidation sites excluding steroid dienone is 1. The Hall–Kier alpha value is -5.96. The second kappa shape index (κ2) is 12.4. The Labute approximate surface area is 299 Å². The van der Waals surface area contributed by atoms with Crippen LogP contribution in [0.5, 0.6) is 0 Å². The fourth-order valence-electron chi connectivity index (χ4n) is 8.38. The molecule has 8 aromatic carbocycles. The first-order valence-corrected chi connectivity index (χ1v) is 17.9. The molecule has 0 aromatic heterocycles. The molecule has 0 aliphatic heterocycles. The summed E-state index contributed by atoms with van der Waals surface area (Å²) in [6.07, 6.45) is 2.71. The molecule has 2 nitrogen and oxygen atoms in total. The lowest BCUT2D eigenvalue weighted by atomic mass is 9.79. The summed E-state index contributed by atoms with van der Waals surface area (Å²) >= 11 is 0. The summed E-state index contributed by atoms with van der Waals surface area (Å²) < 4.78 is 0. The Morgan fingerprint density at radius 3 is 2.08 bits per heavy atom. The first kappa shape index (κ1) is 31.1. The van der Waals surface area contributed by atoms with Crippen LogP contribution in [0.3, 0.4) is 0 Å². The van der Waals surface area contributed by atoms with E-state index in [-0.39, 0.29) is 11.6 Å². The molecule has 0 fully saturated rings. The van der Waals surface area contributed by atoms with Crippen molar-refractivity contribution < 1.29 is 0 Å². The number of nitrogens with two attached hydrogens (primary N) is 1. The van der Waals surface area contributed by atoms with Gasteiger partial charge in [0.1, 0.15) is 6.17 Å². The van der Waals surface area contributed by atoms with E-state index in [0.29, 0.717) is 0 Å². The van der Waals surface area contributed by atoms with Crippen LogP contribution in [0.1, 0.15) is 47.8 Å². The lowest BCUT2D eigenvalue weighted by Gasteiger charge is -2.24. The Balaban J connectivity index is 1.14. The molecule has 0 bridgehead atoms. The minimum Gasteiger partial charge on any atom is -0.366 e. The normalized spacial score (nSPS) is 14.1. The maximum absolute atomic E-state index is 6.91. The van der Waals surface area contributed by atoms with Gasteiger partial charge in [0.2, 0.25) is 0 Å². The van der Waals surface area contributed by atoms with Gasteiger partial charge in [-0.25, -0.2) is 0 Å². The molecule has 0 spiro atoms. The zero-order chi connectivity index (χ0) is 34.5. The third-order valence-corrected chi connectivity index (χ3v) is 10.9. The number of fused-ring (bicyclic) bond motifs is 7. The van der Waals surface area contributed by atoms with Crippen molar-refractivity contribution in [3.05, 3.63) is 198 Å². The highest BCUT2D eigenvalue weighted by molar-refractivity contribution is 6.17. The summed E-state index contributed by atoms with van der Waals surface area (Å²) in [6, 6.07) is 59.3. The fourth-order valence-corrected chi connectivity index (χ4v) is 8.38. The van der Waals surface area contributed by atoms with Gasteiger partial charge in [-0.3, -0.25) is 0 Å². The SMILES string of the molecule is CC1(C)c2ccccc2-c2cccc(-c3ccc(C/C=C(\NC(N)c4ccccc4)c4c5ccccc5cc5c4ccc4ccccc45)cc3)c21. The highest BCUT2D eigenvalue weighted by Gasteiger charge is 2.37. The molecule has 0 saturated heterocycles. The number of hydrogen-bond acceptors (Lipinski definition) is 2. The van der Waals surface area contributed by atoms with E-state index in [1.165, 1.54) is 76.8 Å². The summed E-state index contributed by atoms with van der Waals surface area (Å²) in [5, 5.41) is 11.1. The summed E-state index contributed by atoms with van der Waals surface area (Å²) in [7, 11) is 0. The van der Waals surface area contributed by atoms with Crippen LogP contribution >= 0.6 is 0 Å². The first-order chi connectivity index (χ1) is 25.0. The maximum atomic E-state index is 6.91. The lowest BCUT2D eigenvalue weighted by molar-refractivity contribution is 0.662. The molecule has 1 aliphatic rings. The fraction of sp³-hybridized carbons (Fsp3) is 0.102. The Morgan fingerprint density at radius 1 is 0.588 bits per heavy atom. The standard InChI is InChI=1S/C49H40N2/c1-49(2)44-22-11-10-19-40(44)42-21-12-20-39(47(42)49)34-26-23-32(24-27-34)25-30-45(51-48(50)35-14-4-3-5-15-35)46-38-18-9-7-16-36(38)31-43-37-17-8-6-13-33(37)28-29-41(43)46/h3-24,26-31,48,51H,25,50H2,1-2H3/b45-30-. The predicted octanol–water partition coefficient (Wildman–Crippen LogP) is 12.0. The minimum absolute atomic E-state index is 0.0609. The largest absolute Gasteiger partial charge is 0.366 e. The van der Waals surface area contributed by atoms with E-state index in [9.17, 15) is 0 Å². The predicted molar refractivity (Wildman–Crippen MR) is 217 cm³/mol. The number of nitrogens with one attached hydrogen (secondary N) is 1. The molecule has 0 saturated carbocycles. The van der Waals surface area contributed by atoms with Gasteiger partial charge in [0.05, 0.1) is 0 Å². The molecule has 1 aliphatic carbocycles. The van der Waals surface area contributed by atoms with Crippen LogP contribution < -0.4 is 11.1 Å². The van der Waals surface area contributed by atoms with E-state index in [4.69, 9.17) is 5.73 Å². The Kier molecular flexibility index (Phi) is 7.56. The van der Waals surface area contributed by atoms with Crippen molar-refractivity contribution in [2.45, 2.75) is 31.8 Å². The van der Waals surface area contributed by atoms with Gasteiger partial charge < -0.3 is 11.1 Å². The molecule has 9 rings (SSSR count).